The molecule has 2 aromatic rings. The molecular weight excluding hydrogens is 202 g/mol. The Balaban J connectivity index is 2.23. The van der Waals surface area contributed by atoms with Gasteiger partial charge in [-0.05, 0) is 12.3 Å². The van der Waals surface area contributed by atoms with Gasteiger partial charge < -0.3 is 0 Å². The fourth-order valence-electron chi connectivity index (χ4n) is 1.60. The molecule has 0 aliphatic heterocycles. The van der Waals surface area contributed by atoms with E-state index >= 15 is 0 Å². The van der Waals surface area contributed by atoms with Gasteiger partial charge in [0.2, 0.25) is 0 Å². The lowest BCUT2D eigenvalue weighted by atomic mass is 10.0. The van der Waals surface area contributed by atoms with Crippen LogP contribution in [-0.2, 0) is 0 Å². The molecule has 2 aromatic heterocycles. The Hall–Kier alpha value is -1.71. The summed E-state index contributed by atoms with van der Waals surface area (Å²) < 4.78 is 1.68. The van der Waals surface area contributed by atoms with Crippen molar-refractivity contribution in [1.29, 1.82) is 0 Å². The van der Waals surface area contributed by atoms with Gasteiger partial charge in [0, 0.05) is 18.8 Å². The molecule has 4 nitrogen and oxygen atoms in total. The fourth-order valence-corrected chi connectivity index (χ4v) is 1.60. The summed E-state index contributed by atoms with van der Waals surface area (Å²) in [4.78, 5) is 16.0. The van der Waals surface area contributed by atoms with Gasteiger partial charge in [-0.25, -0.2) is 4.52 Å². The molecule has 0 atom stereocenters. The van der Waals surface area contributed by atoms with Gasteiger partial charge >= 0.3 is 0 Å². The van der Waals surface area contributed by atoms with Crippen LogP contribution in [0.1, 0.15) is 37.0 Å². The molecule has 0 N–H and O–H groups in total. The van der Waals surface area contributed by atoms with E-state index in [2.05, 4.69) is 23.9 Å². The highest BCUT2D eigenvalue weighted by Gasteiger charge is 2.12. The van der Waals surface area contributed by atoms with Crippen LogP contribution in [0.15, 0.2) is 24.8 Å². The molecule has 0 amide bonds. The van der Waals surface area contributed by atoms with Crippen LogP contribution in [0.2, 0.25) is 0 Å². The predicted octanol–water partition coefficient (Wildman–Crippen LogP) is 2.35. The van der Waals surface area contributed by atoms with Crippen molar-refractivity contribution in [1.82, 2.24) is 14.6 Å². The van der Waals surface area contributed by atoms with Crippen LogP contribution in [0.25, 0.3) is 5.52 Å². The summed E-state index contributed by atoms with van der Waals surface area (Å²) in [6.45, 7) is 4.23. The van der Waals surface area contributed by atoms with E-state index in [1.165, 1.54) is 0 Å². The van der Waals surface area contributed by atoms with Crippen molar-refractivity contribution in [3.63, 3.8) is 0 Å². The fraction of sp³-hybridized carbons (Fsp3) is 0.417. The highest BCUT2D eigenvalue weighted by atomic mass is 16.1. The molecule has 0 fully saturated rings. The average Bonchev–Trinajstić information content (AvgIpc) is 2.69. The van der Waals surface area contributed by atoms with E-state index < -0.39 is 0 Å². The van der Waals surface area contributed by atoms with E-state index in [0.717, 1.165) is 11.9 Å². The Morgan fingerprint density at radius 3 is 3.00 bits per heavy atom. The van der Waals surface area contributed by atoms with Crippen LogP contribution in [0, 0.1) is 5.92 Å². The molecule has 0 unspecified atom stereocenters. The van der Waals surface area contributed by atoms with Gasteiger partial charge in [-0.15, -0.1) is 0 Å². The lowest BCUT2D eigenvalue weighted by Gasteiger charge is -2.02. The number of hydrogen-bond donors (Lipinski definition) is 0. The van der Waals surface area contributed by atoms with E-state index in [-0.39, 0.29) is 5.78 Å². The maximum absolute atomic E-state index is 11.9. The number of fused-ring (bicyclic) bond motifs is 1. The first-order chi connectivity index (χ1) is 7.68. The third-order valence-corrected chi connectivity index (χ3v) is 2.57. The average molecular weight is 217 g/mol. The number of carbonyl (C=O) groups is 1. The molecule has 0 saturated carbocycles. The van der Waals surface area contributed by atoms with Gasteiger partial charge in [0.25, 0.3) is 0 Å². The second-order valence-corrected chi connectivity index (χ2v) is 4.32. The van der Waals surface area contributed by atoms with Crippen LogP contribution >= 0.6 is 0 Å². The van der Waals surface area contributed by atoms with Gasteiger partial charge in [0.05, 0.1) is 23.5 Å². The third kappa shape index (κ3) is 2.10. The number of hydrogen-bond acceptors (Lipinski definition) is 3. The van der Waals surface area contributed by atoms with Crippen LogP contribution < -0.4 is 0 Å². The normalized spacial score (nSPS) is 11.2. The number of aromatic nitrogens is 3. The Kier molecular flexibility index (Phi) is 2.99. The molecule has 0 aromatic carbocycles. The summed E-state index contributed by atoms with van der Waals surface area (Å²) in [6.07, 6.45) is 8.19. The topological polar surface area (TPSA) is 47.3 Å². The van der Waals surface area contributed by atoms with E-state index in [9.17, 15) is 4.79 Å². The van der Waals surface area contributed by atoms with Crippen LogP contribution in [0.3, 0.4) is 0 Å². The smallest absolute Gasteiger partial charge is 0.166 e. The zero-order chi connectivity index (χ0) is 11.5. The maximum Gasteiger partial charge on any atom is 0.166 e. The SMILES string of the molecule is CC(C)CCC(=O)c1cnn2ccncc12. The first-order valence-corrected chi connectivity index (χ1v) is 5.49. The van der Waals surface area contributed by atoms with Gasteiger partial charge in [-0.3, -0.25) is 9.78 Å². The first kappa shape index (κ1) is 10.8. The number of Topliss-reactive ketones (excluding diaryl/α,β-unsaturated/α-hetero) is 1. The molecule has 0 aliphatic carbocycles. The van der Waals surface area contributed by atoms with Crippen molar-refractivity contribution in [3.8, 4) is 0 Å². The van der Waals surface area contributed by atoms with Crippen LogP contribution in [-0.4, -0.2) is 20.4 Å². The second-order valence-electron chi connectivity index (χ2n) is 4.32. The lowest BCUT2D eigenvalue weighted by molar-refractivity contribution is 0.0977. The summed E-state index contributed by atoms with van der Waals surface area (Å²) in [6, 6.07) is 0. The Labute approximate surface area is 94.3 Å². The minimum atomic E-state index is 0.150. The molecule has 0 radical (unpaired) electrons. The van der Waals surface area contributed by atoms with Crippen molar-refractivity contribution in [2.24, 2.45) is 5.92 Å². The minimum Gasteiger partial charge on any atom is -0.294 e. The molecular formula is C12H15N3O. The Bertz CT molecular complexity index is 502. The van der Waals surface area contributed by atoms with Crippen molar-refractivity contribution >= 4 is 11.3 Å². The van der Waals surface area contributed by atoms with E-state index in [1.54, 1.807) is 29.3 Å². The van der Waals surface area contributed by atoms with Gasteiger partial charge in [-0.1, -0.05) is 13.8 Å². The van der Waals surface area contributed by atoms with E-state index in [1.807, 2.05) is 0 Å². The standard InChI is InChI=1S/C12H15N3O/c1-9(2)3-4-12(16)10-7-14-15-6-5-13-8-11(10)15/h5-9H,3-4H2,1-2H3. The van der Waals surface area contributed by atoms with Crippen molar-refractivity contribution in [2.75, 3.05) is 0 Å². The summed E-state index contributed by atoms with van der Waals surface area (Å²) >= 11 is 0. The highest BCUT2D eigenvalue weighted by molar-refractivity contribution is 6.01. The van der Waals surface area contributed by atoms with Crippen molar-refractivity contribution in [2.45, 2.75) is 26.7 Å². The monoisotopic (exact) mass is 217 g/mol. The highest BCUT2D eigenvalue weighted by Crippen LogP contribution is 2.14. The van der Waals surface area contributed by atoms with Crippen molar-refractivity contribution in [3.05, 3.63) is 30.4 Å². The molecule has 0 spiro atoms. The number of rotatable bonds is 4. The number of carbonyl (C=O) groups excluding carboxylic acids is 1. The van der Waals surface area contributed by atoms with Crippen molar-refractivity contribution < 1.29 is 4.79 Å². The van der Waals surface area contributed by atoms with Crippen LogP contribution in [0.5, 0.6) is 0 Å². The van der Waals surface area contributed by atoms with E-state index in [0.29, 0.717) is 17.9 Å². The second kappa shape index (κ2) is 4.43. The molecule has 0 bridgehead atoms. The molecule has 2 heterocycles. The third-order valence-electron chi connectivity index (χ3n) is 2.57. The summed E-state index contributed by atoms with van der Waals surface area (Å²) in [5.74, 6) is 0.695. The number of nitrogens with zero attached hydrogens (tertiary/aromatic N) is 3. The molecule has 0 saturated heterocycles. The Morgan fingerprint density at radius 1 is 1.44 bits per heavy atom. The quantitative estimate of drug-likeness (QED) is 0.738. The molecule has 4 heteroatoms. The Morgan fingerprint density at radius 2 is 2.25 bits per heavy atom. The largest absolute Gasteiger partial charge is 0.294 e. The molecule has 84 valence electrons. The molecule has 2 rings (SSSR count). The minimum absolute atomic E-state index is 0.150. The first-order valence-electron chi connectivity index (χ1n) is 5.49. The summed E-state index contributed by atoms with van der Waals surface area (Å²) in [7, 11) is 0. The molecule has 0 aliphatic rings. The zero-order valence-corrected chi connectivity index (χ0v) is 9.55. The predicted molar refractivity (Wildman–Crippen MR) is 61.4 cm³/mol. The van der Waals surface area contributed by atoms with Crippen LogP contribution in [0.4, 0.5) is 0 Å². The maximum atomic E-state index is 11.9. The van der Waals surface area contributed by atoms with Gasteiger partial charge in [0.1, 0.15) is 0 Å². The van der Waals surface area contributed by atoms with Gasteiger partial charge in [-0.2, -0.15) is 5.10 Å². The summed E-state index contributed by atoms with van der Waals surface area (Å²) in [5, 5.41) is 4.12. The lowest BCUT2D eigenvalue weighted by Crippen LogP contribution is -2.01. The summed E-state index contributed by atoms with van der Waals surface area (Å²) in [5.41, 5.74) is 1.46. The molecule has 16 heavy (non-hydrogen) atoms. The van der Waals surface area contributed by atoms with E-state index in [4.69, 9.17) is 0 Å². The zero-order valence-electron chi connectivity index (χ0n) is 9.55. The number of ketones is 1. The van der Waals surface area contributed by atoms with Gasteiger partial charge in [0.15, 0.2) is 5.78 Å².